The third kappa shape index (κ3) is 3.70. The van der Waals surface area contributed by atoms with E-state index in [4.69, 9.17) is 10.2 Å². The maximum absolute atomic E-state index is 12.5. The summed E-state index contributed by atoms with van der Waals surface area (Å²) in [6.07, 6.45) is 2.70. The van der Waals surface area contributed by atoms with Crippen molar-refractivity contribution in [1.82, 2.24) is 14.8 Å². The van der Waals surface area contributed by atoms with E-state index in [-0.39, 0.29) is 11.9 Å². The van der Waals surface area contributed by atoms with Crippen LogP contribution in [0.3, 0.4) is 0 Å². The van der Waals surface area contributed by atoms with E-state index in [0.717, 1.165) is 33.1 Å². The maximum Gasteiger partial charge on any atom is 0.240 e. The molecule has 31 heavy (non-hydrogen) atoms. The molecule has 3 heterocycles. The molecule has 1 aliphatic heterocycles. The van der Waals surface area contributed by atoms with Gasteiger partial charge >= 0.3 is 0 Å². The average Bonchev–Trinajstić information content (AvgIpc) is 3.52. The van der Waals surface area contributed by atoms with Crippen molar-refractivity contribution >= 4 is 23.0 Å². The van der Waals surface area contributed by atoms with E-state index in [1.807, 2.05) is 58.7 Å². The van der Waals surface area contributed by atoms with Crippen LogP contribution in [0.2, 0.25) is 0 Å². The van der Waals surface area contributed by atoms with Crippen LogP contribution in [-0.4, -0.2) is 26.4 Å². The molecule has 5 nitrogen and oxygen atoms in total. The van der Waals surface area contributed by atoms with Gasteiger partial charge in [0.05, 0.1) is 22.3 Å². The second-order valence-electron chi connectivity index (χ2n) is 7.69. The molecule has 2 aromatic heterocycles. The lowest BCUT2D eigenvalue weighted by atomic mass is 9.97. The van der Waals surface area contributed by atoms with Gasteiger partial charge in [-0.25, -0.2) is 9.69 Å². The Balaban J connectivity index is 1.60. The molecule has 4 aromatic rings. The van der Waals surface area contributed by atoms with Crippen molar-refractivity contribution in [2.24, 2.45) is 5.10 Å². The Bertz CT molecular complexity index is 1260. The van der Waals surface area contributed by atoms with Crippen molar-refractivity contribution in [1.29, 1.82) is 0 Å². The summed E-state index contributed by atoms with van der Waals surface area (Å²) in [4.78, 5) is 13.6. The Morgan fingerprint density at radius 2 is 1.90 bits per heavy atom. The van der Waals surface area contributed by atoms with Gasteiger partial charge in [-0.15, -0.1) is 11.3 Å². The summed E-state index contributed by atoms with van der Waals surface area (Å²) >= 11 is 1.65. The molecule has 0 saturated heterocycles. The highest BCUT2D eigenvalue weighted by atomic mass is 32.1. The number of hydrazone groups is 1. The molecule has 2 aromatic carbocycles. The molecule has 0 saturated carbocycles. The summed E-state index contributed by atoms with van der Waals surface area (Å²) in [6, 6.07) is 22.2. The zero-order chi connectivity index (χ0) is 21.4. The number of benzene rings is 2. The third-order valence-electron chi connectivity index (χ3n) is 5.46. The van der Waals surface area contributed by atoms with Gasteiger partial charge in [0.15, 0.2) is 0 Å². The minimum absolute atomic E-state index is 0.0720. The number of thiophene rings is 1. The fraction of sp³-hybridized carbons (Fsp3) is 0.160. The highest BCUT2D eigenvalue weighted by Crippen LogP contribution is 2.39. The highest BCUT2D eigenvalue weighted by molar-refractivity contribution is 7.13. The van der Waals surface area contributed by atoms with Gasteiger partial charge in [0.2, 0.25) is 5.91 Å². The number of aromatic nitrogens is 2. The minimum atomic E-state index is -0.192. The number of carbonyl (C=O) groups is 1. The average molecular weight is 427 g/mol. The van der Waals surface area contributed by atoms with E-state index >= 15 is 0 Å². The molecular formula is C25H22N4OS. The largest absolute Gasteiger partial charge is 0.273 e. The summed E-state index contributed by atoms with van der Waals surface area (Å²) in [7, 11) is 0. The summed E-state index contributed by atoms with van der Waals surface area (Å²) < 4.78 is 1.90. The Labute approximate surface area is 185 Å². The lowest BCUT2D eigenvalue weighted by molar-refractivity contribution is -0.130. The van der Waals surface area contributed by atoms with Gasteiger partial charge < -0.3 is 0 Å². The molecule has 1 aliphatic rings. The van der Waals surface area contributed by atoms with E-state index in [2.05, 4.69) is 31.2 Å². The number of hydrogen-bond donors (Lipinski definition) is 0. The molecule has 0 spiro atoms. The fourth-order valence-electron chi connectivity index (χ4n) is 3.99. The molecule has 1 atom stereocenters. The molecule has 0 radical (unpaired) electrons. The van der Waals surface area contributed by atoms with Crippen LogP contribution < -0.4 is 0 Å². The Morgan fingerprint density at radius 3 is 2.61 bits per heavy atom. The summed E-state index contributed by atoms with van der Waals surface area (Å²) in [6.45, 7) is 3.64. The molecule has 0 bridgehead atoms. The summed E-state index contributed by atoms with van der Waals surface area (Å²) in [5.41, 5.74) is 6.05. The van der Waals surface area contributed by atoms with Crippen LogP contribution in [0.25, 0.3) is 16.3 Å². The number of para-hydroxylation sites is 1. The molecule has 1 amide bonds. The molecule has 0 aliphatic carbocycles. The monoisotopic (exact) mass is 426 g/mol. The normalized spacial score (nSPS) is 15.9. The number of rotatable bonds is 4. The van der Waals surface area contributed by atoms with Gasteiger partial charge in [-0.3, -0.25) is 4.79 Å². The maximum atomic E-state index is 12.5. The number of nitrogens with zero attached hydrogens (tertiary/aromatic N) is 4. The standard InChI is InChI=1S/C25H22N4OS/c1-17-8-6-9-19(14-17)22-15-23(29(26-22)18(2)30)21-16-28(20-10-4-3-5-11-20)27-25(21)24-12-7-13-31-24/h3-14,16,23H,15H2,1-2H3/t23-/m1/s1. The van der Waals surface area contributed by atoms with Crippen LogP contribution in [0.4, 0.5) is 0 Å². The lowest BCUT2D eigenvalue weighted by Crippen LogP contribution is -2.24. The number of amides is 1. The molecule has 0 N–H and O–H groups in total. The van der Waals surface area contributed by atoms with Crippen LogP contribution in [0, 0.1) is 6.92 Å². The van der Waals surface area contributed by atoms with Crippen LogP contribution >= 0.6 is 11.3 Å². The zero-order valence-corrected chi connectivity index (χ0v) is 18.2. The first kappa shape index (κ1) is 19.5. The Morgan fingerprint density at radius 1 is 1.06 bits per heavy atom. The first-order chi connectivity index (χ1) is 15.1. The van der Waals surface area contributed by atoms with Crippen molar-refractivity contribution in [2.45, 2.75) is 26.3 Å². The van der Waals surface area contributed by atoms with Gasteiger partial charge in [0.25, 0.3) is 0 Å². The third-order valence-corrected chi connectivity index (χ3v) is 6.34. The minimum Gasteiger partial charge on any atom is -0.273 e. The van der Waals surface area contributed by atoms with Crippen LogP contribution in [0.5, 0.6) is 0 Å². The van der Waals surface area contributed by atoms with Gasteiger partial charge in [-0.05, 0) is 36.1 Å². The highest BCUT2D eigenvalue weighted by Gasteiger charge is 2.35. The van der Waals surface area contributed by atoms with E-state index in [1.54, 1.807) is 23.3 Å². The molecule has 0 unspecified atom stereocenters. The predicted octanol–water partition coefficient (Wildman–Crippen LogP) is 5.61. The van der Waals surface area contributed by atoms with Gasteiger partial charge in [-0.1, -0.05) is 54.1 Å². The van der Waals surface area contributed by atoms with E-state index < -0.39 is 0 Å². The quantitative estimate of drug-likeness (QED) is 0.426. The number of aryl methyl sites for hydroxylation is 1. The van der Waals surface area contributed by atoms with Crippen molar-refractivity contribution in [3.8, 4) is 16.3 Å². The van der Waals surface area contributed by atoms with Crippen molar-refractivity contribution in [3.63, 3.8) is 0 Å². The van der Waals surface area contributed by atoms with Gasteiger partial charge in [0.1, 0.15) is 5.69 Å². The lowest BCUT2D eigenvalue weighted by Gasteiger charge is -2.19. The molecule has 5 rings (SSSR count). The first-order valence-corrected chi connectivity index (χ1v) is 11.1. The second-order valence-corrected chi connectivity index (χ2v) is 8.64. The van der Waals surface area contributed by atoms with E-state index in [1.165, 1.54) is 5.56 Å². The van der Waals surface area contributed by atoms with Crippen molar-refractivity contribution in [2.75, 3.05) is 0 Å². The van der Waals surface area contributed by atoms with Gasteiger partial charge in [-0.2, -0.15) is 10.2 Å². The van der Waals surface area contributed by atoms with Crippen molar-refractivity contribution in [3.05, 3.63) is 95.0 Å². The van der Waals surface area contributed by atoms with Gasteiger partial charge in [0, 0.05) is 25.1 Å². The molecule has 6 heteroatoms. The Kier molecular flexibility index (Phi) is 5.00. The second kappa shape index (κ2) is 7.96. The van der Waals surface area contributed by atoms with Crippen molar-refractivity contribution < 1.29 is 4.79 Å². The van der Waals surface area contributed by atoms with E-state index in [9.17, 15) is 4.79 Å². The number of carbonyl (C=O) groups excluding carboxylic acids is 1. The zero-order valence-electron chi connectivity index (χ0n) is 17.4. The predicted molar refractivity (Wildman–Crippen MR) is 124 cm³/mol. The fourth-order valence-corrected chi connectivity index (χ4v) is 4.72. The number of hydrogen-bond acceptors (Lipinski definition) is 4. The summed E-state index contributed by atoms with van der Waals surface area (Å²) in [5.74, 6) is -0.0720. The SMILES string of the molecule is CC(=O)N1N=C(c2cccc(C)c2)C[C@@H]1c1cn(-c2ccccc2)nc1-c1cccs1. The molecule has 154 valence electrons. The summed E-state index contributed by atoms with van der Waals surface area (Å²) in [5, 5.41) is 13.3. The van der Waals surface area contributed by atoms with Crippen LogP contribution in [0.15, 0.2) is 83.4 Å². The first-order valence-electron chi connectivity index (χ1n) is 10.2. The molecule has 0 fully saturated rings. The smallest absolute Gasteiger partial charge is 0.240 e. The molecular weight excluding hydrogens is 404 g/mol. The van der Waals surface area contributed by atoms with Crippen LogP contribution in [0.1, 0.15) is 36.1 Å². The Hall–Kier alpha value is -3.51. The van der Waals surface area contributed by atoms with Crippen LogP contribution in [-0.2, 0) is 4.79 Å². The topological polar surface area (TPSA) is 50.5 Å². The van der Waals surface area contributed by atoms with E-state index in [0.29, 0.717) is 6.42 Å².